The quantitative estimate of drug-likeness (QED) is 0.486. The number of nitrogens with zero attached hydrogens (tertiary/aromatic N) is 2. The molecule has 0 aliphatic carbocycles. The Morgan fingerprint density at radius 1 is 0.833 bits per heavy atom. The van der Waals surface area contributed by atoms with Crippen LogP contribution in [-0.2, 0) is 16.4 Å². The van der Waals surface area contributed by atoms with Gasteiger partial charge in [-0.25, -0.2) is 13.1 Å². The lowest BCUT2D eigenvalue weighted by atomic mass is 10.0. The average Bonchev–Trinajstić information content (AvgIpc) is 3.05. The van der Waals surface area contributed by atoms with E-state index < -0.39 is 10.0 Å². The fourth-order valence-electron chi connectivity index (χ4n) is 3.62. The number of anilines is 1. The van der Waals surface area contributed by atoms with E-state index in [1.54, 1.807) is 24.6 Å². The maximum absolute atomic E-state index is 13.3. The molecule has 6 heteroatoms. The van der Waals surface area contributed by atoms with Gasteiger partial charge in [0.1, 0.15) is 4.90 Å². The van der Waals surface area contributed by atoms with Crippen LogP contribution in [0.3, 0.4) is 0 Å². The minimum Gasteiger partial charge on any atom is -0.279 e. The van der Waals surface area contributed by atoms with E-state index in [4.69, 9.17) is 0 Å². The van der Waals surface area contributed by atoms with Gasteiger partial charge in [-0.3, -0.25) is 4.72 Å². The number of para-hydroxylation sites is 2. The summed E-state index contributed by atoms with van der Waals surface area (Å²) in [6.07, 6.45) is 0.640. The number of benzene rings is 3. The van der Waals surface area contributed by atoms with Crippen molar-refractivity contribution in [3.05, 3.63) is 107 Å². The molecule has 0 fully saturated rings. The highest BCUT2D eigenvalue weighted by molar-refractivity contribution is 7.92. The van der Waals surface area contributed by atoms with Crippen molar-refractivity contribution >= 4 is 15.7 Å². The van der Waals surface area contributed by atoms with Crippen LogP contribution in [0.1, 0.15) is 22.5 Å². The molecule has 5 nitrogen and oxygen atoms in total. The van der Waals surface area contributed by atoms with E-state index in [0.717, 1.165) is 16.8 Å². The molecule has 0 aliphatic heterocycles. The van der Waals surface area contributed by atoms with Crippen molar-refractivity contribution < 1.29 is 8.42 Å². The molecule has 1 aromatic heterocycles. The highest BCUT2D eigenvalue weighted by atomic mass is 32.2. The lowest BCUT2D eigenvalue weighted by Gasteiger charge is -2.13. The molecule has 4 rings (SSSR count). The Morgan fingerprint density at radius 3 is 2.13 bits per heavy atom. The maximum atomic E-state index is 13.3. The number of aryl methyl sites for hydroxylation is 1. The predicted molar refractivity (Wildman–Crippen MR) is 120 cm³/mol. The summed E-state index contributed by atoms with van der Waals surface area (Å²) in [7, 11) is -3.81. The second-order valence-electron chi connectivity index (χ2n) is 7.17. The van der Waals surface area contributed by atoms with Crippen molar-refractivity contribution in [3.63, 3.8) is 0 Å². The van der Waals surface area contributed by atoms with Crippen LogP contribution in [0.15, 0.2) is 89.8 Å². The van der Waals surface area contributed by atoms with Gasteiger partial charge in [0.25, 0.3) is 10.0 Å². The van der Waals surface area contributed by atoms with Crippen molar-refractivity contribution in [3.8, 4) is 5.69 Å². The summed E-state index contributed by atoms with van der Waals surface area (Å²) in [5.41, 5.74) is 4.47. The minimum atomic E-state index is -3.81. The van der Waals surface area contributed by atoms with Gasteiger partial charge >= 0.3 is 0 Å². The van der Waals surface area contributed by atoms with Gasteiger partial charge in [0.05, 0.1) is 22.8 Å². The number of rotatable bonds is 6. The van der Waals surface area contributed by atoms with Crippen LogP contribution < -0.4 is 4.72 Å². The second kappa shape index (κ2) is 8.16. The topological polar surface area (TPSA) is 64.0 Å². The zero-order valence-electron chi connectivity index (χ0n) is 16.9. The first kappa shape index (κ1) is 19.9. The van der Waals surface area contributed by atoms with Gasteiger partial charge in [0.2, 0.25) is 0 Å². The molecule has 1 N–H and O–H groups in total. The van der Waals surface area contributed by atoms with Crippen LogP contribution >= 0.6 is 0 Å². The molecule has 0 aliphatic rings. The third-order valence-electron chi connectivity index (χ3n) is 4.99. The van der Waals surface area contributed by atoms with Crippen molar-refractivity contribution in [2.24, 2.45) is 0 Å². The van der Waals surface area contributed by atoms with E-state index in [1.165, 1.54) is 0 Å². The predicted octanol–water partition coefficient (Wildman–Crippen LogP) is 4.88. The molecule has 1 heterocycles. The lowest BCUT2D eigenvalue weighted by Crippen LogP contribution is -2.16. The highest BCUT2D eigenvalue weighted by Gasteiger charge is 2.26. The first-order valence-corrected chi connectivity index (χ1v) is 11.2. The molecule has 3 aromatic carbocycles. The standard InChI is InChI=1S/C24H23N3O2S/c1-18-24(19(2)27(25-18)22-14-7-4-8-15-22)30(28,29)26-23-16-10-9-13-21(23)17-20-11-5-3-6-12-20/h3-16,26H,17H2,1-2H3. The Labute approximate surface area is 177 Å². The monoisotopic (exact) mass is 417 g/mol. The number of hydrogen-bond acceptors (Lipinski definition) is 3. The molecule has 4 aromatic rings. The van der Waals surface area contributed by atoms with Gasteiger partial charge in [0.15, 0.2) is 0 Å². The zero-order valence-corrected chi connectivity index (χ0v) is 17.7. The van der Waals surface area contributed by atoms with E-state index >= 15 is 0 Å². The Balaban J connectivity index is 1.69. The van der Waals surface area contributed by atoms with Crippen molar-refractivity contribution in [2.75, 3.05) is 4.72 Å². The van der Waals surface area contributed by atoms with Gasteiger partial charge in [0, 0.05) is 0 Å². The number of nitrogens with one attached hydrogen (secondary N) is 1. The summed E-state index contributed by atoms with van der Waals surface area (Å²) < 4.78 is 31.1. The summed E-state index contributed by atoms with van der Waals surface area (Å²) in [5.74, 6) is 0. The van der Waals surface area contributed by atoms with Crippen molar-refractivity contribution in [1.29, 1.82) is 0 Å². The van der Waals surface area contributed by atoms with Gasteiger partial charge in [-0.15, -0.1) is 0 Å². The van der Waals surface area contributed by atoms with Crippen LogP contribution in [-0.4, -0.2) is 18.2 Å². The van der Waals surface area contributed by atoms with Crippen LogP contribution in [0.5, 0.6) is 0 Å². The molecule has 152 valence electrons. The molecule has 0 radical (unpaired) electrons. The first-order chi connectivity index (χ1) is 14.5. The number of hydrogen-bond donors (Lipinski definition) is 1. The highest BCUT2D eigenvalue weighted by Crippen LogP contribution is 2.27. The normalized spacial score (nSPS) is 11.4. The Bertz CT molecular complexity index is 1260. The summed E-state index contributed by atoms with van der Waals surface area (Å²) in [6, 6.07) is 27.0. The average molecular weight is 418 g/mol. The van der Waals surface area contributed by atoms with E-state index in [0.29, 0.717) is 23.5 Å². The molecule has 30 heavy (non-hydrogen) atoms. The zero-order chi connectivity index (χ0) is 21.1. The molecule has 0 atom stereocenters. The SMILES string of the molecule is Cc1nn(-c2ccccc2)c(C)c1S(=O)(=O)Nc1ccccc1Cc1ccccc1. The third kappa shape index (κ3) is 4.00. The van der Waals surface area contributed by atoms with E-state index in [2.05, 4.69) is 9.82 Å². The number of aromatic nitrogens is 2. The molecule has 0 saturated heterocycles. The summed E-state index contributed by atoms with van der Waals surface area (Å²) in [4.78, 5) is 0.209. The largest absolute Gasteiger partial charge is 0.279 e. The fraction of sp³-hybridized carbons (Fsp3) is 0.125. The van der Waals surface area contributed by atoms with Gasteiger partial charge < -0.3 is 0 Å². The summed E-state index contributed by atoms with van der Waals surface area (Å²) >= 11 is 0. The van der Waals surface area contributed by atoms with Crippen LogP contribution in [0, 0.1) is 13.8 Å². The minimum absolute atomic E-state index is 0.209. The Morgan fingerprint density at radius 2 is 1.43 bits per heavy atom. The van der Waals surface area contributed by atoms with Gasteiger partial charge in [-0.1, -0.05) is 66.7 Å². The van der Waals surface area contributed by atoms with Crippen LogP contribution in [0.25, 0.3) is 5.69 Å². The molecule has 0 bridgehead atoms. The Kier molecular flexibility index (Phi) is 5.42. The number of sulfonamides is 1. The van der Waals surface area contributed by atoms with E-state index in [1.807, 2.05) is 78.9 Å². The molecular formula is C24H23N3O2S. The molecule has 0 spiro atoms. The molecule has 0 saturated carbocycles. The van der Waals surface area contributed by atoms with Crippen LogP contribution in [0.4, 0.5) is 5.69 Å². The van der Waals surface area contributed by atoms with Crippen molar-refractivity contribution in [2.45, 2.75) is 25.2 Å². The summed E-state index contributed by atoms with van der Waals surface area (Å²) in [6.45, 7) is 3.49. The second-order valence-corrected chi connectivity index (χ2v) is 8.79. The maximum Gasteiger partial charge on any atom is 0.265 e. The van der Waals surface area contributed by atoms with Gasteiger partial charge in [-0.05, 0) is 49.6 Å². The molecular weight excluding hydrogens is 394 g/mol. The van der Waals surface area contributed by atoms with Crippen molar-refractivity contribution in [1.82, 2.24) is 9.78 Å². The van der Waals surface area contributed by atoms with E-state index in [9.17, 15) is 8.42 Å². The smallest absolute Gasteiger partial charge is 0.265 e. The van der Waals surface area contributed by atoms with Gasteiger partial charge in [-0.2, -0.15) is 5.10 Å². The first-order valence-electron chi connectivity index (χ1n) is 9.72. The third-order valence-corrected chi connectivity index (χ3v) is 6.61. The fourth-order valence-corrected chi connectivity index (χ4v) is 5.12. The van der Waals surface area contributed by atoms with Crippen LogP contribution in [0.2, 0.25) is 0 Å². The molecule has 0 unspecified atom stereocenters. The lowest BCUT2D eigenvalue weighted by molar-refractivity contribution is 0.600. The summed E-state index contributed by atoms with van der Waals surface area (Å²) in [5, 5.41) is 4.48. The Hall–Kier alpha value is -3.38. The van der Waals surface area contributed by atoms with E-state index in [-0.39, 0.29) is 4.90 Å². The molecule has 0 amide bonds.